The first kappa shape index (κ1) is 26.2. The van der Waals surface area contributed by atoms with Crippen molar-refractivity contribution >= 4 is 23.3 Å². The number of nitrogens with zero attached hydrogens (tertiary/aromatic N) is 1. The summed E-state index contributed by atoms with van der Waals surface area (Å²) in [4.78, 5) is 27.8. The fourth-order valence-electron chi connectivity index (χ4n) is 5.97. The first-order valence-corrected chi connectivity index (χ1v) is 13.6. The summed E-state index contributed by atoms with van der Waals surface area (Å²) in [5.41, 5.74) is 4.70. The third-order valence-corrected chi connectivity index (χ3v) is 7.99. The lowest BCUT2D eigenvalue weighted by Crippen LogP contribution is -2.48. The Labute approximate surface area is 233 Å². The highest BCUT2D eigenvalue weighted by Crippen LogP contribution is 2.47. The van der Waals surface area contributed by atoms with Gasteiger partial charge in [-0.15, -0.1) is 0 Å². The molecule has 0 saturated carbocycles. The number of fused-ring (bicyclic) bond motifs is 4. The number of nitrogens with one attached hydrogen (secondary N) is 2. The van der Waals surface area contributed by atoms with E-state index >= 15 is 0 Å². The molecule has 208 valence electrons. The molecule has 3 aliphatic rings. The van der Waals surface area contributed by atoms with E-state index in [4.69, 9.17) is 14.2 Å². The lowest BCUT2D eigenvalue weighted by atomic mass is 9.84. The van der Waals surface area contributed by atoms with Gasteiger partial charge in [0.1, 0.15) is 23.7 Å². The summed E-state index contributed by atoms with van der Waals surface area (Å²) in [6.07, 6.45) is 0.455. The smallest absolute Gasteiger partial charge is 0.323 e. The van der Waals surface area contributed by atoms with E-state index in [9.17, 15) is 14.7 Å². The van der Waals surface area contributed by atoms with Crippen LogP contribution in [-0.4, -0.2) is 60.5 Å². The van der Waals surface area contributed by atoms with Crippen molar-refractivity contribution in [2.24, 2.45) is 0 Å². The topological polar surface area (TPSA) is 109 Å². The van der Waals surface area contributed by atoms with Crippen LogP contribution < -0.4 is 20.1 Å². The van der Waals surface area contributed by atoms with Gasteiger partial charge in [-0.2, -0.15) is 0 Å². The number of carbonyl (C=O) groups excluding carboxylic acids is 2. The second kappa shape index (κ2) is 11.2. The molecule has 3 aromatic rings. The van der Waals surface area contributed by atoms with Crippen LogP contribution in [0.4, 0.5) is 16.2 Å². The standard InChI is InChI=1S/C31H33N3O6/c1-38-23-9-6-21(7-10-23)32-31(37)33-22-8-11-27-25(14-22)26-15-24(39-28(18-35)30(26)40-27)16-29(36)34-13-12-19-4-2-3-5-20(19)17-34/h2-11,14,24,26,28,30,35H,12-13,15-18H2,1H3,(H2,32,33,37)/t24-,26+,28-,30-/m0/s1. The molecular weight excluding hydrogens is 510 g/mol. The number of anilines is 2. The lowest BCUT2D eigenvalue weighted by molar-refractivity contribution is -0.149. The molecule has 0 aliphatic carbocycles. The van der Waals surface area contributed by atoms with Gasteiger partial charge in [0.25, 0.3) is 0 Å². The van der Waals surface area contributed by atoms with Gasteiger partial charge in [0.05, 0.1) is 26.2 Å². The van der Waals surface area contributed by atoms with Crippen molar-refractivity contribution in [1.29, 1.82) is 0 Å². The van der Waals surface area contributed by atoms with E-state index in [1.54, 1.807) is 37.4 Å². The predicted molar refractivity (Wildman–Crippen MR) is 150 cm³/mol. The number of amides is 3. The van der Waals surface area contributed by atoms with Gasteiger partial charge in [0, 0.05) is 35.9 Å². The van der Waals surface area contributed by atoms with Gasteiger partial charge in [0.15, 0.2) is 0 Å². The summed E-state index contributed by atoms with van der Waals surface area (Å²) in [5.74, 6) is 1.41. The number of aliphatic hydroxyl groups excluding tert-OH is 1. The van der Waals surface area contributed by atoms with Crippen molar-refractivity contribution in [2.75, 3.05) is 30.9 Å². The monoisotopic (exact) mass is 543 g/mol. The van der Waals surface area contributed by atoms with Gasteiger partial charge in [-0.3, -0.25) is 4.79 Å². The second-order valence-electron chi connectivity index (χ2n) is 10.5. The van der Waals surface area contributed by atoms with Crippen LogP contribution in [0.5, 0.6) is 11.5 Å². The number of carbonyl (C=O) groups is 2. The summed E-state index contributed by atoms with van der Waals surface area (Å²) in [6, 6.07) is 20.5. The number of aliphatic hydroxyl groups is 1. The summed E-state index contributed by atoms with van der Waals surface area (Å²) < 4.78 is 17.5. The van der Waals surface area contributed by atoms with Crippen LogP contribution in [-0.2, 0) is 22.5 Å². The molecule has 1 fully saturated rings. The SMILES string of the molecule is COc1ccc(NC(=O)Nc2ccc3c(c2)[C@H]2C[C@@H](CC(=O)N4CCc5ccccc5C4)O[C@@H](CO)[C@H]2O3)cc1. The first-order chi connectivity index (χ1) is 19.5. The fraction of sp³-hybridized carbons (Fsp3) is 0.355. The molecule has 9 heteroatoms. The maximum Gasteiger partial charge on any atom is 0.323 e. The van der Waals surface area contributed by atoms with Crippen LogP contribution in [0, 0.1) is 0 Å². The Morgan fingerprint density at radius 3 is 2.55 bits per heavy atom. The Bertz CT molecular complexity index is 1390. The van der Waals surface area contributed by atoms with E-state index in [0.717, 1.165) is 12.0 Å². The normalized spacial score (nSPS) is 22.8. The minimum atomic E-state index is -0.541. The Kier molecular flexibility index (Phi) is 7.32. The molecule has 9 nitrogen and oxygen atoms in total. The quantitative estimate of drug-likeness (QED) is 0.428. The predicted octanol–water partition coefficient (Wildman–Crippen LogP) is 4.31. The molecule has 3 N–H and O–H groups in total. The van der Waals surface area contributed by atoms with Crippen LogP contribution in [0.1, 0.15) is 35.4 Å². The summed E-state index contributed by atoms with van der Waals surface area (Å²) >= 11 is 0. The Hall–Kier alpha value is -4.08. The van der Waals surface area contributed by atoms with Crippen LogP contribution in [0.25, 0.3) is 0 Å². The third kappa shape index (κ3) is 5.35. The molecule has 3 amide bonds. The average molecular weight is 544 g/mol. The van der Waals surface area contributed by atoms with Gasteiger partial charge in [-0.25, -0.2) is 4.79 Å². The largest absolute Gasteiger partial charge is 0.497 e. The number of benzene rings is 3. The van der Waals surface area contributed by atoms with E-state index in [1.807, 2.05) is 29.2 Å². The van der Waals surface area contributed by atoms with Crippen LogP contribution in [0.15, 0.2) is 66.7 Å². The van der Waals surface area contributed by atoms with E-state index < -0.39 is 6.10 Å². The van der Waals surface area contributed by atoms with Gasteiger partial charge in [0.2, 0.25) is 5.91 Å². The fourth-order valence-corrected chi connectivity index (χ4v) is 5.97. The van der Waals surface area contributed by atoms with Crippen LogP contribution >= 0.6 is 0 Å². The van der Waals surface area contributed by atoms with Gasteiger partial charge in [-0.05, 0) is 66.4 Å². The van der Waals surface area contributed by atoms with Crippen molar-refractivity contribution in [2.45, 2.75) is 50.0 Å². The zero-order valence-electron chi connectivity index (χ0n) is 22.3. The second-order valence-corrected chi connectivity index (χ2v) is 10.5. The zero-order valence-corrected chi connectivity index (χ0v) is 22.3. The summed E-state index contributed by atoms with van der Waals surface area (Å²) in [5, 5.41) is 15.8. The number of ether oxygens (including phenoxy) is 3. The number of hydrogen-bond acceptors (Lipinski definition) is 6. The van der Waals surface area contributed by atoms with Crippen molar-refractivity contribution < 1.29 is 28.9 Å². The third-order valence-electron chi connectivity index (χ3n) is 7.99. The average Bonchev–Trinajstić information content (AvgIpc) is 3.34. The molecule has 0 bridgehead atoms. The molecule has 0 spiro atoms. The molecule has 3 aromatic carbocycles. The minimum Gasteiger partial charge on any atom is -0.497 e. The first-order valence-electron chi connectivity index (χ1n) is 13.6. The Morgan fingerprint density at radius 2 is 1.77 bits per heavy atom. The number of rotatable bonds is 6. The summed E-state index contributed by atoms with van der Waals surface area (Å²) in [6.45, 7) is 1.10. The summed E-state index contributed by atoms with van der Waals surface area (Å²) in [7, 11) is 1.59. The molecular formula is C31H33N3O6. The van der Waals surface area contributed by atoms with Crippen molar-refractivity contribution in [3.05, 3.63) is 83.4 Å². The molecule has 3 aliphatic heterocycles. The van der Waals surface area contributed by atoms with Crippen molar-refractivity contribution in [1.82, 2.24) is 4.90 Å². The number of hydrogen-bond donors (Lipinski definition) is 3. The van der Waals surface area contributed by atoms with Gasteiger partial charge >= 0.3 is 6.03 Å². The maximum absolute atomic E-state index is 13.3. The molecule has 6 rings (SSSR count). The van der Waals surface area contributed by atoms with E-state index in [2.05, 4.69) is 22.8 Å². The highest BCUT2D eigenvalue weighted by Gasteiger charge is 2.46. The molecule has 1 saturated heterocycles. The highest BCUT2D eigenvalue weighted by atomic mass is 16.6. The number of methoxy groups -OCH3 is 1. The lowest BCUT2D eigenvalue weighted by Gasteiger charge is -2.38. The van der Waals surface area contributed by atoms with Crippen LogP contribution in [0.3, 0.4) is 0 Å². The highest BCUT2D eigenvalue weighted by molar-refractivity contribution is 5.99. The van der Waals surface area contributed by atoms with Crippen molar-refractivity contribution in [3.63, 3.8) is 0 Å². The molecule has 0 radical (unpaired) electrons. The molecule has 3 heterocycles. The minimum absolute atomic E-state index is 0.0550. The maximum atomic E-state index is 13.3. The van der Waals surface area contributed by atoms with E-state index in [1.165, 1.54) is 11.1 Å². The van der Waals surface area contributed by atoms with Crippen molar-refractivity contribution in [3.8, 4) is 11.5 Å². The van der Waals surface area contributed by atoms with Gasteiger partial charge in [-0.1, -0.05) is 24.3 Å². The zero-order chi connectivity index (χ0) is 27.6. The Morgan fingerprint density at radius 1 is 1.02 bits per heavy atom. The number of urea groups is 1. The van der Waals surface area contributed by atoms with Gasteiger partial charge < -0.3 is 34.9 Å². The molecule has 0 aromatic heterocycles. The molecule has 40 heavy (non-hydrogen) atoms. The Balaban J connectivity index is 1.12. The molecule has 0 unspecified atom stereocenters. The van der Waals surface area contributed by atoms with E-state index in [-0.39, 0.29) is 43.1 Å². The van der Waals surface area contributed by atoms with Crippen LogP contribution in [0.2, 0.25) is 0 Å². The van der Waals surface area contributed by atoms with E-state index in [0.29, 0.717) is 42.4 Å². The molecule has 4 atom stereocenters.